The summed E-state index contributed by atoms with van der Waals surface area (Å²) in [5.41, 5.74) is 0. The standard InChI is InChI=1S/C16H29NO2/c1-3-13-6-7-16(18)15(9-13)11-17-8-4-5-14(10-17)12-19-2/h13-15H,3-12H2,1-2H3. The molecule has 0 aromatic rings. The van der Waals surface area contributed by atoms with Crippen molar-refractivity contribution in [2.75, 3.05) is 33.4 Å². The number of carbonyl (C=O) groups excluding carboxylic acids is 1. The van der Waals surface area contributed by atoms with Gasteiger partial charge in [0.05, 0.1) is 6.61 Å². The third kappa shape index (κ3) is 4.28. The van der Waals surface area contributed by atoms with Gasteiger partial charge in [-0.1, -0.05) is 13.3 Å². The van der Waals surface area contributed by atoms with Gasteiger partial charge in [0.15, 0.2) is 0 Å². The minimum Gasteiger partial charge on any atom is -0.384 e. The second kappa shape index (κ2) is 7.39. The van der Waals surface area contributed by atoms with Crippen LogP contribution >= 0.6 is 0 Å². The number of piperidine rings is 1. The third-order valence-corrected chi connectivity index (χ3v) is 4.93. The Balaban J connectivity index is 1.83. The second-order valence-corrected chi connectivity index (χ2v) is 6.44. The molecule has 110 valence electrons. The van der Waals surface area contributed by atoms with Crippen LogP contribution in [0.25, 0.3) is 0 Å². The fourth-order valence-corrected chi connectivity index (χ4v) is 3.75. The lowest BCUT2D eigenvalue weighted by molar-refractivity contribution is -0.126. The highest BCUT2D eigenvalue weighted by Crippen LogP contribution is 2.30. The van der Waals surface area contributed by atoms with Gasteiger partial charge in [-0.3, -0.25) is 4.79 Å². The van der Waals surface area contributed by atoms with E-state index in [1.54, 1.807) is 7.11 Å². The maximum Gasteiger partial charge on any atom is 0.137 e. The molecule has 1 saturated heterocycles. The molecule has 3 heteroatoms. The highest BCUT2D eigenvalue weighted by molar-refractivity contribution is 5.81. The van der Waals surface area contributed by atoms with E-state index in [1.165, 1.54) is 25.8 Å². The number of likely N-dealkylation sites (tertiary alicyclic amines) is 1. The molecule has 3 atom stereocenters. The van der Waals surface area contributed by atoms with Crippen LogP contribution in [0.2, 0.25) is 0 Å². The Morgan fingerprint density at radius 1 is 1.32 bits per heavy atom. The maximum atomic E-state index is 12.1. The van der Waals surface area contributed by atoms with Crippen LogP contribution in [0.1, 0.15) is 45.4 Å². The van der Waals surface area contributed by atoms with Gasteiger partial charge in [0.1, 0.15) is 5.78 Å². The van der Waals surface area contributed by atoms with Gasteiger partial charge < -0.3 is 9.64 Å². The summed E-state index contributed by atoms with van der Waals surface area (Å²) in [6.45, 7) is 6.41. The van der Waals surface area contributed by atoms with Gasteiger partial charge in [-0.2, -0.15) is 0 Å². The molecule has 1 heterocycles. The first-order chi connectivity index (χ1) is 9.22. The van der Waals surface area contributed by atoms with Crippen molar-refractivity contribution in [3.63, 3.8) is 0 Å². The topological polar surface area (TPSA) is 29.5 Å². The zero-order valence-electron chi connectivity index (χ0n) is 12.6. The van der Waals surface area contributed by atoms with Crippen molar-refractivity contribution in [2.24, 2.45) is 17.8 Å². The summed E-state index contributed by atoms with van der Waals surface area (Å²) in [7, 11) is 1.79. The molecule has 2 rings (SSSR count). The van der Waals surface area contributed by atoms with Crippen molar-refractivity contribution in [3.8, 4) is 0 Å². The Morgan fingerprint density at radius 3 is 2.89 bits per heavy atom. The number of methoxy groups -OCH3 is 1. The molecular formula is C16H29NO2. The summed E-state index contributed by atoms with van der Waals surface area (Å²) < 4.78 is 5.28. The zero-order chi connectivity index (χ0) is 13.7. The quantitative estimate of drug-likeness (QED) is 0.767. The van der Waals surface area contributed by atoms with Gasteiger partial charge >= 0.3 is 0 Å². The van der Waals surface area contributed by atoms with Crippen molar-refractivity contribution >= 4 is 5.78 Å². The molecule has 3 nitrogen and oxygen atoms in total. The molecule has 3 unspecified atom stereocenters. The number of hydrogen-bond donors (Lipinski definition) is 0. The number of rotatable bonds is 5. The lowest BCUT2D eigenvalue weighted by atomic mass is 9.79. The molecule has 0 N–H and O–H groups in total. The van der Waals surface area contributed by atoms with Gasteiger partial charge in [0.25, 0.3) is 0 Å². The highest BCUT2D eigenvalue weighted by Gasteiger charge is 2.30. The van der Waals surface area contributed by atoms with E-state index in [4.69, 9.17) is 4.74 Å². The van der Waals surface area contributed by atoms with E-state index in [0.717, 1.165) is 44.9 Å². The smallest absolute Gasteiger partial charge is 0.137 e. The molecule has 0 spiro atoms. The molecule has 0 aromatic heterocycles. The van der Waals surface area contributed by atoms with Crippen molar-refractivity contribution in [1.82, 2.24) is 4.90 Å². The predicted octanol–water partition coefficient (Wildman–Crippen LogP) is 2.74. The van der Waals surface area contributed by atoms with Gasteiger partial charge in [-0.05, 0) is 44.1 Å². The average molecular weight is 267 g/mol. The van der Waals surface area contributed by atoms with E-state index in [-0.39, 0.29) is 0 Å². The first-order valence-electron chi connectivity index (χ1n) is 7.97. The van der Waals surface area contributed by atoms with E-state index < -0.39 is 0 Å². The number of ether oxygens (including phenoxy) is 1. The minimum absolute atomic E-state index is 0.306. The van der Waals surface area contributed by atoms with Crippen molar-refractivity contribution in [2.45, 2.75) is 45.4 Å². The van der Waals surface area contributed by atoms with Crippen LogP contribution in [-0.4, -0.2) is 44.0 Å². The third-order valence-electron chi connectivity index (χ3n) is 4.93. The summed E-state index contributed by atoms with van der Waals surface area (Å²) in [5.74, 6) is 2.26. The normalized spacial score (nSPS) is 33.6. The minimum atomic E-state index is 0.306. The summed E-state index contributed by atoms with van der Waals surface area (Å²) in [6, 6.07) is 0. The summed E-state index contributed by atoms with van der Waals surface area (Å²) in [4.78, 5) is 14.6. The molecular weight excluding hydrogens is 238 g/mol. The monoisotopic (exact) mass is 267 g/mol. The van der Waals surface area contributed by atoms with Crippen LogP contribution in [0.5, 0.6) is 0 Å². The molecule has 2 fully saturated rings. The molecule has 0 aromatic carbocycles. The summed E-state index contributed by atoms with van der Waals surface area (Å²) in [6.07, 6.45) is 6.83. The Kier molecular flexibility index (Phi) is 5.83. The van der Waals surface area contributed by atoms with Gasteiger partial charge in [-0.15, -0.1) is 0 Å². The van der Waals surface area contributed by atoms with Crippen LogP contribution in [-0.2, 0) is 9.53 Å². The Labute approximate surface area is 117 Å². The number of Topliss-reactive ketones (excluding diaryl/α,β-unsaturated/α-hetero) is 1. The van der Waals surface area contributed by atoms with E-state index in [0.29, 0.717) is 17.6 Å². The van der Waals surface area contributed by atoms with Crippen LogP contribution in [0, 0.1) is 17.8 Å². The van der Waals surface area contributed by atoms with Crippen molar-refractivity contribution in [1.29, 1.82) is 0 Å². The highest BCUT2D eigenvalue weighted by atomic mass is 16.5. The SMILES string of the molecule is CCC1CCC(=O)C(CN2CCCC(COC)C2)C1. The zero-order valence-corrected chi connectivity index (χ0v) is 12.6. The molecule has 0 radical (unpaired) electrons. The van der Waals surface area contributed by atoms with E-state index in [9.17, 15) is 4.79 Å². The lowest BCUT2D eigenvalue weighted by Gasteiger charge is -2.36. The van der Waals surface area contributed by atoms with Gasteiger partial charge in [0.2, 0.25) is 0 Å². The predicted molar refractivity (Wildman–Crippen MR) is 77.2 cm³/mol. The fourth-order valence-electron chi connectivity index (χ4n) is 3.75. The van der Waals surface area contributed by atoms with Gasteiger partial charge in [-0.25, -0.2) is 0 Å². The Bertz CT molecular complexity index is 290. The Hall–Kier alpha value is -0.410. The molecule has 1 aliphatic carbocycles. The summed E-state index contributed by atoms with van der Waals surface area (Å²) >= 11 is 0. The average Bonchev–Trinajstić information content (AvgIpc) is 2.42. The maximum absolute atomic E-state index is 12.1. The second-order valence-electron chi connectivity index (χ2n) is 6.44. The van der Waals surface area contributed by atoms with Crippen LogP contribution in [0.15, 0.2) is 0 Å². The van der Waals surface area contributed by atoms with Crippen LogP contribution in [0.4, 0.5) is 0 Å². The molecule has 0 bridgehead atoms. The van der Waals surface area contributed by atoms with Crippen molar-refractivity contribution in [3.05, 3.63) is 0 Å². The number of carbonyl (C=O) groups is 1. The van der Waals surface area contributed by atoms with Crippen LogP contribution in [0.3, 0.4) is 0 Å². The van der Waals surface area contributed by atoms with Gasteiger partial charge in [0, 0.05) is 32.5 Å². The molecule has 1 aliphatic heterocycles. The largest absolute Gasteiger partial charge is 0.384 e. The fraction of sp³-hybridized carbons (Fsp3) is 0.938. The first-order valence-corrected chi connectivity index (χ1v) is 7.97. The van der Waals surface area contributed by atoms with Crippen LogP contribution < -0.4 is 0 Å². The lowest BCUT2D eigenvalue weighted by Crippen LogP contribution is -2.42. The molecule has 0 amide bonds. The Morgan fingerprint density at radius 2 is 2.16 bits per heavy atom. The number of nitrogens with zero attached hydrogens (tertiary/aromatic N) is 1. The first kappa shape index (κ1) is 15.0. The molecule has 1 saturated carbocycles. The van der Waals surface area contributed by atoms with E-state index in [1.807, 2.05) is 0 Å². The van der Waals surface area contributed by atoms with E-state index >= 15 is 0 Å². The molecule has 2 aliphatic rings. The number of hydrogen-bond acceptors (Lipinski definition) is 3. The number of ketones is 1. The van der Waals surface area contributed by atoms with E-state index in [2.05, 4.69) is 11.8 Å². The van der Waals surface area contributed by atoms with Crippen molar-refractivity contribution < 1.29 is 9.53 Å². The molecule has 19 heavy (non-hydrogen) atoms. The summed E-state index contributed by atoms with van der Waals surface area (Å²) in [5, 5.41) is 0.